The van der Waals surface area contributed by atoms with E-state index in [-0.39, 0.29) is 6.04 Å². The first kappa shape index (κ1) is 9.98. The highest BCUT2D eigenvalue weighted by Gasteiger charge is 2.22. The predicted molar refractivity (Wildman–Crippen MR) is 44.2 cm³/mol. The molecule has 0 amide bonds. The van der Waals surface area contributed by atoms with Crippen LogP contribution in [0, 0.1) is 0 Å². The first-order chi connectivity index (χ1) is 6.20. The normalized spacial score (nSPS) is 22.3. The van der Waals surface area contributed by atoms with Gasteiger partial charge in [0, 0.05) is 0 Å². The first-order valence-electron chi connectivity index (χ1n) is 4.32. The average molecular weight is 187 g/mol. The molecule has 1 aliphatic rings. The molecule has 0 bridgehead atoms. The van der Waals surface area contributed by atoms with Crippen LogP contribution in [0.25, 0.3) is 0 Å². The van der Waals surface area contributed by atoms with Crippen molar-refractivity contribution in [1.82, 2.24) is 5.32 Å². The van der Waals surface area contributed by atoms with Crippen molar-refractivity contribution >= 4 is 11.9 Å². The van der Waals surface area contributed by atoms with Crippen LogP contribution in [0.5, 0.6) is 0 Å². The van der Waals surface area contributed by atoms with Gasteiger partial charge in [-0.15, -0.1) is 0 Å². The van der Waals surface area contributed by atoms with Crippen LogP contribution in [-0.2, 0) is 14.3 Å². The van der Waals surface area contributed by atoms with Gasteiger partial charge >= 0.3 is 11.9 Å². The van der Waals surface area contributed by atoms with Crippen LogP contribution in [0.4, 0.5) is 0 Å². The van der Waals surface area contributed by atoms with E-state index in [0.29, 0.717) is 0 Å². The minimum Gasteiger partial charge on any atom is -0.479 e. The fraction of sp³-hybridized carbons (Fsp3) is 0.750. The zero-order valence-corrected chi connectivity index (χ0v) is 7.28. The number of carboxylic acids is 1. The molecule has 2 N–H and O–H groups in total. The summed E-state index contributed by atoms with van der Waals surface area (Å²) in [5, 5.41) is 11.2. The number of nitrogens with one attached hydrogen (secondary N) is 1. The van der Waals surface area contributed by atoms with Crippen molar-refractivity contribution in [2.75, 3.05) is 13.2 Å². The van der Waals surface area contributed by atoms with E-state index in [1.807, 2.05) is 0 Å². The number of esters is 1. The fourth-order valence-electron chi connectivity index (χ4n) is 1.29. The highest BCUT2D eigenvalue weighted by molar-refractivity contribution is 5.79. The predicted octanol–water partition coefficient (Wildman–Crippen LogP) is -0.244. The standard InChI is InChI=1S/C8H13NO4/c10-7(11)5-13-8(12)6-3-1-2-4-9-6/h6,9H,1-5H2,(H,10,11). The SMILES string of the molecule is O=C(O)COC(=O)C1CCCCN1. The van der Waals surface area contributed by atoms with Crippen molar-refractivity contribution in [2.45, 2.75) is 25.3 Å². The molecule has 0 radical (unpaired) electrons. The number of ether oxygens (including phenoxy) is 1. The third-order valence-electron chi connectivity index (χ3n) is 1.93. The third kappa shape index (κ3) is 3.42. The maximum atomic E-state index is 11.2. The van der Waals surface area contributed by atoms with Crippen LogP contribution < -0.4 is 5.32 Å². The van der Waals surface area contributed by atoms with Crippen molar-refractivity contribution in [1.29, 1.82) is 0 Å². The molecule has 0 spiro atoms. The molecular formula is C8H13NO4. The monoisotopic (exact) mass is 187 g/mol. The van der Waals surface area contributed by atoms with E-state index in [1.165, 1.54) is 0 Å². The number of hydrogen-bond donors (Lipinski definition) is 2. The van der Waals surface area contributed by atoms with Gasteiger partial charge in [-0.3, -0.25) is 4.79 Å². The first-order valence-corrected chi connectivity index (χ1v) is 4.32. The minimum atomic E-state index is -1.12. The lowest BCUT2D eigenvalue weighted by Gasteiger charge is -2.21. The summed E-state index contributed by atoms with van der Waals surface area (Å²) in [4.78, 5) is 21.2. The Balaban J connectivity index is 2.25. The van der Waals surface area contributed by atoms with Gasteiger partial charge in [0.2, 0.25) is 0 Å². The van der Waals surface area contributed by atoms with E-state index in [4.69, 9.17) is 5.11 Å². The third-order valence-corrected chi connectivity index (χ3v) is 1.93. The van der Waals surface area contributed by atoms with Gasteiger partial charge < -0.3 is 15.2 Å². The second kappa shape index (κ2) is 4.81. The molecule has 1 rings (SSSR count). The lowest BCUT2D eigenvalue weighted by atomic mass is 10.1. The summed E-state index contributed by atoms with van der Waals surface area (Å²) in [5.41, 5.74) is 0. The molecule has 0 aromatic carbocycles. The van der Waals surface area contributed by atoms with Gasteiger partial charge in [0.1, 0.15) is 6.04 Å². The van der Waals surface area contributed by atoms with Gasteiger partial charge in [-0.05, 0) is 19.4 Å². The van der Waals surface area contributed by atoms with Gasteiger partial charge in [-0.2, -0.15) is 0 Å². The summed E-state index contributed by atoms with van der Waals surface area (Å²) in [6.45, 7) is 0.254. The smallest absolute Gasteiger partial charge is 0.341 e. The van der Waals surface area contributed by atoms with Crippen molar-refractivity contribution in [3.8, 4) is 0 Å². The van der Waals surface area contributed by atoms with Crippen molar-refractivity contribution in [3.63, 3.8) is 0 Å². The van der Waals surface area contributed by atoms with Crippen molar-refractivity contribution in [2.24, 2.45) is 0 Å². The Hall–Kier alpha value is -1.10. The highest BCUT2D eigenvalue weighted by atomic mass is 16.6. The molecule has 5 heteroatoms. The highest BCUT2D eigenvalue weighted by Crippen LogP contribution is 2.07. The summed E-state index contributed by atoms with van der Waals surface area (Å²) >= 11 is 0. The topological polar surface area (TPSA) is 75.6 Å². The molecule has 1 fully saturated rings. The van der Waals surface area contributed by atoms with Crippen LogP contribution in [0.3, 0.4) is 0 Å². The summed E-state index contributed by atoms with van der Waals surface area (Å²) in [7, 11) is 0. The second-order valence-corrected chi connectivity index (χ2v) is 3.00. The molecule has 0 saturated carbocycles. The molecule has 1 atom stereocenters. The summed E-state index contributed by atoms with van der Waals surface area (Å²) < 4.78 is 4.54. The van der Waals surface area contributed by atoms with Gasteiger partial charge in [0.15, 0.2) is 6.61 Å². The number of piperidine rings is 1. The van der Waals surface area contributed by atoms with E-state index < -0.39 is 18.5 Å². The lowest BCUT2D eigenvalue weighted by molar-refractivity contribution is -0.157. The molecule has 0 aliphatic carbocycles. The Morgan fingerprint density at radius 2 is 2.23 bits per heavy atom. The number of aliphatic carboxylic acids is 1. The minimum absolute atomic E-state index is 0.312. The quantitative estimate of drug-likeness (QED) is 0.596. The molecule has 0 aromatic heterocycles. The number of rotatable bonds is 3. The van der Waals surface area contributed by atoms with E-state index in [2.05, 4.69) is 10.1 Å². The maximum Gasteiger partial charge on any atom is 0.341 e. The molecule has 1 heterocycles. The Kier molecular flexibility index (Phi) is 3.70. The van der Waals surface area contributed by atoms with E-state index in [1.54, 1.807) is 0 Å². The van der Waals surface area contributed by atoms with Crippen LogP contribution in [0.15, 0.2) is 0 Å². The molecule has 74 valence electrons. The molecule has 5 nitrogen and oxygen atoms in total. The second-order valence-electron chi connectivity index (χ2n) is 3.00. The Labute approximate surface area is 76.1 Å². The van der Waals surface area contributed by atoms with E-state index in [0.717, 1.165) is 25.8 Å². The lowest BCUT2D eigenvalue weighted by Crippen LogP contribution is -2.41. The number of carbonyl (C=O) groups excluding carboxylic acids is 1. The zero-order valence-electron chi connectivity index (χ0n) is 7.28. The molecule has 1 unspecified atom stereocenters. The van der Waals surface area contributed by atoms with Crippen molar-refractivity contribution < 1.29 is 19.4 Å². The van der Waals surface area contributed by atoms with Crippen LogP contribution in [0.1, 0.15) is 19.3 Å². The molecular weight excluding hydrogens is 174 g/mol. The maximum absolute atomic E-state index is 11.2. The Bertz CT molecular complexity index is 198. The molecule has 13 heavy (non-hydrogen) atoms. The average Bonchev–Trinajstić information content (AvgIpc) is 2.15. The van der Waals surface area contributed by atoms with Crippen molar-refractivity contribution in [3.05, 3.63) is 0 Å². The van der Waals surface area contributed by atoms with Crippen LogP contribution >= 0.6 is 0 Å². The largest absolute Gasteiger partial charge is 0.479 e. The molecule has 1 aliphatic heterocycles. The van der Waals surface area contributed by atoms with E-state index >= 15 is 0 Å². The summed E-state index contributed by atoms with van der Waals surface area (Å²) in [5.74, 6) is -1.58. The van der Waals surface area contributed by atoms with E-state index in [9.17, 15) is 9.59 Å². The van der Waals surface area contributed by atoms with Crippen LogP contribution in [-0.4, -0.2) is 36.2 Å². The van der Waals surface area contributed by atoms with Gasteiger partial charge in [-0.1, -0.05) is 6.42 Å². The van der Waals surface area contributed by atoms with Gasteiger partial charge in [0.25, 0.3) is 0 Å². The number of carboxylic acid groups (broad SMARTS) is 1. The van der Waals surface area contributed by atoms with Gasteiger partial charge in [-0.25, -0.2) is 4.79 Å². The van der Waals surface area contributed by atoms with Crippen LogP contribution in [0.2, 0.25) is 0 Å². The van der Waals surface area contributed by atoms with Gasteiger partial charge in [0.05, 0.1) is 0 Å². The zero-order chi connectivity index (χ0) is 9.68. The molecule has 1 saturated heterocycles. The molecule has 0 aromatic rings. The Morgan fingerprint density at radius 1 is 1.46 bits per heavy atom. The summed E-state index contributed by atoms with van der Waals surface area (Å²) in [6.07, 6.45) is 2.78. The number of carbonyl (C=O) groups is 2. The summed E-state index contributed by atoms with van der Waals surface area (Å²) in [6, 6.07) is -0.312. The fourth-order valence-corrected chi connectivity index (χ4v) is 1.29. The Morgan fingerprint density at radius 3 is 2.77 bits per heavy atom. The number of hydrogen-bond acceptors (Lipinski definition) is 4.